The molecular weight excluding hydrogens is 360 g/mol. The molecule has 3 aromatic rings. The molecule has 0 unspecified atom stereocenters. The molecule has 0 atom stereocenters. The van der Waals surface area contributed by atoms with Gasteiger partial charge in [-0.05, 0) is 53.9 Å². The van der Waals surface area contributed by atoms with E-state index in [0.717, 1.165) is 23.2 Å². The van der Waals surface area contributed by atoms with Crippen molar-refractivity contribution in [2.75, 3.05) is 18.9 Å². The fourth-order valence-electron chi connectivity index (χ4n) is 2.61. The Kier molecular flexibility index (Phi) is 6.39. The molecule has 138 valence electrons. The second-order valence-electron chi connectivity index (χ2n) is 6.24. The van der Waals surface area contributed by atoms with Crippen molar-refractivity contribution in [1.82, 2.24) is 14.9 Å². The summed E-state index contributed by atoms with van der Waals surface area (Å²) in [4.78, 5) is 22.6. The van der Waals surface area contributed by atoms with Crippen LogP contribution < -0.4 is 5.32 Å². The molecule has 1 amide bonds. The standard InChI is InChI=1S/C21H21ClN4O/c1-26(13-9-16-6-10-23-11-7-16)21(27)20-14-19(8-12-24-20)25-15-17-2-4-18(22)5-3-17/h2-8,10-12,14H,9,13,15H2,1H3,(H,24,25). The van der Waals surface area contributed by atoms with E-state index in [1.165, 1.54) is 0 Å². The van der Waals surface area contributed by atoms with Gasteiger partial charge in [0, 0.05) is 49.4 Å². The van der Waals surface area contributed by atoms with Crippen LogP contribution in [0, 0.1) is 0 Å². The summed E-state index contributed by atoms with van der Waals surface area (Å²) in [5.41, 5.74) is 3.54. The van der Waals surface area contributed by atoms with Gasteiger partial charge in [0.2, 0.25) is 0 Å². The van der Waals surface area contributed by atoms with Crippen LogP contribution in [0.5, 0.6) is 0 Å². The zero-order chi connectivity index (χ0) is 19.1. The largest absolute Gasteiger partial charge is 0.381 e. The Bertz CT molecular complexity index is 884. The van der Waals surface area contributed by atoms with Crippen LogP contribution in [0.25, 0.3) is 0 Å². The molecular formula is C21H21ClN4O. The predicted molar refractivity (Wildman–Crippen MR) is 108 cm³/mol. The molecule has 1 N–H and O–H groups in total. The molecule has 0 fully saturated rings. The van der Waals surface area contributed by atoms with Crippen molar-refractivity contribution in [3.05, 3.63) is 89.0 Å². The quantitative estimate of drug-likeness (QED) is 0.671. The number of nitrogens with one attached hydrogen (secondary N) is 1. The number of likely N-dealkylation sites (N-methyl/N-ethyl adjacent to an activating group) is 1. The Morgan fingerprint density at radius 1 is 1.04 bits per heavy atom. The Labute approximate surface area is 164 Å². The number of carbonyl (C=O) groups excluding carboxylic acids is 1. The van der Waals surface area contributed by atoms with Crippen molar-refractivity contribution in [1.29, 1.82) is 0 Å². The van der Waals surface area contributed by atoms with Gasteiger partial charge in [0.15, 0.2) is 0 Å². The van der Waals surface area contributed by atoms with Crippen LogP contribution in [-0.2, 0) is 13.0 Å². The molecule has 0 aliphatic rings. The summed E-state index contributed by atoms with van der Waals surface area (Å²) >= 11 is 5.90. The zero-order valence-corrected chi connectivity index (χ0v) is 15.9. The van der Waals surface area contributed by atoms with Crippen molar-refractivity contribution < 1.29 is 4.79 Å². The molecule has 0 aliphatic carbocycles. The lowest BCUT2D eigenvalue weighted by molar-refractivity contribution is 0.0791. The van der Waals surface area contributed by atoms with Crippen LogP contribution in [0.1, 0.15) is 21.6 Å². The first-order chi connectivity index (χ1) is 13.1. The van der Waals surface area contributed by atoms with E-state index in [9.17, 15) is 4.79 Å². The lowest BCUT2D eigenvalue weighted by Crippen LogP contribution is -2.29. The number of hydrogen-bond acceptors (Lipinski definition) is 4. The second kappa shape index (κ2) is 9.14. The van der Waals surface area contributed by atoms with Gasteiger partial charge in [-0.15, -0.1) is 0 Å². The fraction of sp³-hybridized carbons (Fsp3) is 0.190. The number of halogens is 1. The first-order valence-electron chi connectivity index (χ1n) is 8.70. The number of pyridine rings is 2. The molecule has 0 radical (unpaired) electrons. The number of rotatable bonds is 7. The highest BCUT2D eigenvalue weighted by atomic mass is 35.5. The maximum atomic E-state index is 12.6. The number of hydrogen-bond donors (Lipinski definition) is 1. The SMILES string of the molecule is CN(CCc1ccncc1)C(=O)c1cc(NCc2ccc(Cl)cc2)ccn1. The molecule has 1 aromatic carbocycles. The van der Waals surface area contributed by atoms with Gasteiger partial charge in [-0.2, -0.15) is 0 Å². The normalized spacial score (nSPS) is 10.4. The molecule has 6 heteroatoms. The monoisotopic (exact) mass is 380 g/mol. The topological polar surface area (TPSA) is 58.1 Å². The molecule has 27 heavy (non-hydrogen) atoms. The highest BCUT2D eigenvalue weighted by Gasteiger charge is 2.13. The van der Waals surface area contributed by atoms with Gasteiger partial charge in [-0.1, -0.05) is 23.7 Å². The summed E-state index contributed by atoms with van der Waals surface area (Å²) in [7, 11) is 1.79. The van der Waals surface area contributed by atoms with E-state index in [1.807, 2.05) is 42.5 Å². The highest BCUT2D eigenvalue weighted by molar-refractivity contribution is 6.30. The molecule has 5 nitrogen and oxygen atoms in total. The molecule has 3 rings (SSSR count). The fourth-order valence-corrected chi connectivity index (χ4v) is 2.73. The highest BCUT2D eigenvalue weighted by Crippen LogP contribution is 2.14. The number of anilines is 1. The molecule has 0 saturated carbocycles. The Morgan fingerprint density at radius 2 is 1.78 bits per heavy atom. The molecule has 2 aromatic heterocycles. The molecule has 0 saturated heterocycles. The first kappa shape index (κ1) is 18.9. The average Bonchev–Trinajstić information content (AvgIpc) is 2.72. The van der Waals surface area contributed by atoms with E-state index < -0.39 is 0 Å². The minimum Gasteiger partial charge on any atom is -0.381 e. The van der Waals surface area contributed by atoms with Crippen LogP contribution in [0.15, 0.2) is 67.1 Å². The van der Waals surface area contributed by atoms with Gasteiger partial charge >= 0.3 is 0 Å². The van der Waals surface area contributed by atoms with E-state index in [0.29, 0.717) is 23.8 Å². The number of carbonyl (C=O) groups is 1. The van der Waals surface area contributed by atoms with Crippen molar-refractivity contribution in [2.24, 2.45) is 0 Å². The maximum absolute atomic E-state index is 12.6. The van der Waals surface area contributed by atoms with Gasteiger partial charge in [0.1, 0.15) is 5.69 Å². The van der Waals surface area contributed by atoms with Crippen LogP contribution >= 0.6 is 11.6 Å². The van der Waals surface area contributed by atoms with E-state index in [4.69, 9.17) is 11.6 Å². The van der Waals surface area contributed by atoms with Crippen molar-refractivity contribution in [2.45, 2.75) is 13.0 Å². The number of benzene rings is 1. The van der Waals surface area contributed by atoms with Crippen LogP contribution in [0.4, 0.5) is 5.69 Å². The van der Waals surface area contributed by atoms with Gasteiger partial charge in [-0.25, -0.2) is 0 Å². The van der Waals surface area contributed by atoms with Crippen LogP contribution in [-0.4, -0.2) is 34.4 Å². The predicted octanol–water partition coefficient (Wildman–Crippen LogP) is 4.06. The van der Waals surface area contributed by atoms with Crippen LogP contribution in [0.2, 0.25) is 5.02 Å². The van der Waals surface area contributed by atoms with Crippen molar-refractivity contribution in [3.63, 3.8) is 0 Å². The first-order valence-corrected chi connectivity index (χ1v) is 9.08. The van der Waals surface area contributed by atoms with Crippen molar-refractivity contribution >= 4 is 23.2 Å². The summed E-state index contributed by atoms with van der Waals surface area (Å²) < 4.78 is 0. The number of aromatic nitrogens is 2. The van der Waals surface area contributed by atoms with E-state index >= 15 is 0 Å². The van der Waals surface area contributed by atoms with Gasteiger partial charge < -0.3 is 10.2 Å². The van der Waals surface area contributed by atoms with Gasteiger partial charge in [-0.3, -0.25) is 14.8 Å². The minimum atomic E-state index is -0.0980. The summed E-state index contributed by atoms with van der Waals surface area (Å²) in [5.74, 6) is -0.0980. The lowest BCUT2D eigenvalue weighted by atomic mass is 10.2. The van der Waals surface area contributed by atoms with Crippen LogP contribution in [0.3, 0.4) is 0 Å². The zero-order valence-electron chi connectivity index (χ0n) is 15.1. The van der Waals surface area contributed by atoms with Crippen molar-refractivity contribution in [3.8, 4) is 0 Å². The van der Waals surface area contributed by atoms with E-state index in [-0.39, 0.29) is 5.91 Å². The Morgan fingerprint density at radius 3 is 2.52 bits per heavy atom. The molecule has 0 aliphatic heterocycles. The minimum absolute atomic E-state index is 0.0980. The summed E-state index contributed by atoms with van der Waals surface area (Å²) in [5, 5.41) is 4.02. The third-order valence-corrected chi connectivity index (χ3v) is 4.47. The Hall–Kier alpha value is -2.92. The smallest absolute Gasteiger partial charge is 0.272 e. The molecule has 0 spiro atoms. The van der Waals surface area contributed by atoms with E-state index in [1.54, 1.807) is 36.6 Å². The van der Waals surface area contributed by atoms with Gasteiger partial charge in [0.05, 0.1) is 0 Å². The number of amides is 1. The maximum Gasteiger partial charge on any atom is 0.272 e. The third kappa shape index (κ3) is 5.53. The third-order valence-electron chi connectivity index (χ3n) is 4.22. The second-order valence-corrected chi connectivity index (χ2v) is 6.68. The number of nitrogens with zero attached hydrogens (tertiary/aromatic N) is 3. The van der Waals surface area contributed by atoms with E-state index in [2.05, 4.69) is 15.3 Å². The Balaban J connectivity index is 1.58. The lowest BCUT2D eigenvalue weighted by Gasteiger charge is -2.17. The van der Waals surface area contributed by atoms with Gasteiger partial charge in [0.25, 0.3) is 5.91 Å². The molecule has 0 bridgehead atoms. The summed E-state index contributed by atoms with van der Waals surface area (Å²) in [6.45, 7) is 1.26. The summed E-state index contributed by atoms with van der Waals surface area (Å²) in [6.07, 6.45) is 5.94. The summed E-state index contributed by atoms with van der Waals surface area (Å²) in [6, 6.07) is 15.2. The average molecular weight is 381 g/mol. The molecule has 2 heterocycles.